The molecule has 18 heavy (non-hydrogen) atoms. The van der Waals surface area contributed by atoms with Crippen LogP contribution >= 0.6 is 0 Å². The molecule has 1 aromatic carbocycles. The van der Waals surface area contributed by atoms with E-state index in [0.717, 1.165) is 39.3 Å². The molecule has 1 aliphatic heterocycles. The number of Topliss-reactive ketones (excluding diaryl/α,β-unsaturated/α-hetero) is 1. The normalized spacial score (nSPS) is 17.4. The number of nitrogens with zero attached hydrogens (tertiary/aromatic N) is 1. The lowest BCUT2D eigenvalue weighted by atomic mass is 10.1. The molecule has 1 heterocycles. The topological polar surface area (TPSA) is 29.5 Å². The van der Waals surface area contributed by atoms with Crippen molar-refractivity contribution < 1.29 is 13.9 Å². The van der Waals surface area contributed by atoms with Gasteiger partial charge in [0.05, 0.1) is 6.61 Å². The Bertz CT molecular complexity index is 383. The van der Waals surface area contributed by atoms with Gasteiger partial charge in [0.25, 0.3) is 0 Å². The van der Waals surface area contributed by atoms with Crippen LogP contribution in [0.15, 0.2) is 24.3 Å². The van der Waals surface area contributed by atoms with Gasteiger partial charge in [-0.2, -0.15) is 0 Å². The Hall–Kier alpha value is -1.26. The fourth-order valence-corrected chi connectivity index (χ4v) is 2.06. The van der Waals surface area contributed by atoms with Crippen molar-refractivity contribution in [3.8, 4) is 0 Å². The van der Waals surface area contributed by atoms with Gasteiger partial charge in [0.2, 0.25) is 0 Å². The molecule has 1 aliphatic rings. The Morgan fingerprint density at radius 3 is 2.78 bits per heavy atom. The molecule has 0 saturated carbocycles. The van der Waals surface area contributed by atoms with E-state index in [-0.39, 0.29) is 11.6 Å². The maximum Gasteiger partial charge on any atom is 0.164 e. The number of carbonyl (C=O) groups is 1. The van der Waals surface area contributed by atoms with Gasteiger partial charge in [0.1, 0.15) is 5.82 Å². The number of benzene rings is 1. The first-order chi connectivity index (χ1) is 8.75. The number of ether oxygens (including phenoxy) is 1. The van der Waals surface area contributed by atoms with E-state index < -0.39 is 0 Å². The molecule has 0 spiro atoms. The van der Waals surface area contributed by atoms with E-state index in [9.17, 15) is 9.18 Å². The van der Waals surface area contributed by atoms with Crippen molar-refractivity contribution in [3.05, 3.63) is 35.6 Å². The SMILES string of the molecule is O=C(CCN1CCCOCC1)c1ccc(F)cc1. The smallest absolute Gasteiger partial charge is 0.164 e. The maximum atomic E-state index is 12.7. The van der Waals surface area contributed by atoms with Crippen molar-refractivity contribution in [2.24, 2.45) is 0 Å². The highest BCUT2D eigenvalue weighted by Crippen LogP contribution is 2.07. The Kier molecular flexibility index (Phi) is 4.84. The average molecular weight is 251 g/mol. The number of hydrogen-bond donors (Lipinski definition) is 0. The van der Waals surface area contributed by atoms with E-state index in [1.807, 2.05) is 0 Å². The summed E-state index contributed by atoms with van der Waals surface area (Å²) in [4.78, 5) is 14.1. The molecule has 2 rings (SSSR count). The summed E-state index contributed by atoms with van der Waals surface area (Å²) in [5.41, 5.74) is 0.586. The second-order valence-electron chi connectivity index (χ2n) is 4.49. The highest BCUT2D eigenvalue weighted by Gasteiger charge is 2.12. The number of rotatable bonds is 4. The third-order valence-electron chi connectivity index (χ3n) is 3.14. The maximum absolute atomic E-state index is 12.7. The van der Waals surface area contributed by atoms with Crippen molar-refractivity contribution in [2.75, 3.05) is 32.8 Å². The molecule has 1 aromatic rings. The Morgan fingerprint density at radius 1 is 1.22 bits per heavy atom. The van der Waals surface area contributed by atoms with Crippen LogP contribution in [0.5, 0.6) is 0 Å². The number of ketones is 1. The first kappa shape index (κ1) is 13.2. The zero-order valence-electron chi connectivity index (χ0n) is 10.4. The van der Waals surface area contributed by atoms with Crippen molar-refractivity contribution in [3.63, 3.8) is 0 Å². The fourth-order valence-electron chi connectivity index (χ4n) is 2.06. The number of carbonyl (C=O) groups excluding carboxylic acids is 1. The van der Waals surface area contributed by atoms with Gasteiger partial charge < -0.3 is 9.64 Å². The van der Waals surface area contributed by atoms with E-state index in [1.165, 1.54) is 12.1 Å². The van der Waals surface area contributed by atoms with Crippen LogP contribution in [0.4, 0.5) is 4.39 Å². The summed E-state index contributed by atoms with van der Waals surface area (Å²) < 4.78 is 18.1. The summed E-state index contributed by atoms with van der Waals surface area (Å²) in [6.07, 6.45) is 1.50. The van der Waals surface area contributed by atoms with Crippen molar-refractivity contribution >= 4 is 5.78 Å². The second-order valence-corrected chi connectivity index (χ2v) is 4.49. The number of hydrogen-bond acceptors (Lipinski definition) is 3. The van der Waals surface area contributed by atoms with Gasteiger partial charge in [0, 0.05) is 38.2 Å². The molecule has 0 unspecified atom stereocenters. The molecule has 4 heteroatoms. The first-order valence-electron chi connectivity index (χ1n) is 6.34. The monoisotopic (exact) mass is 251 g/mol. The fraction of sp³-hybridized carbons (Fsp3) is 0.500. The molecule has 0 atom stereocenters. The third kappa shape index (κ3) is 3.89. The molecule has 98 valence electrons. The molecular formula is C14H18FNO2. The van der Waals surface area contributed by atoms with Crippen LogP contribution in [-0.2, 0) is 4.74 Å². The van der Waals surface area contributed by atoms with Gasteiger partial charge in [-0.1, -0.05) is 0 Å². The molecule has 1 saturated heterocycles. The average Bonchev–Trinajstić information content (AvgIpc) is 2.65. The van der Waals surface area contributed by atoms with Crippen LogP contribution < -0.4 is 0 Å². The molecular weight excluding hydrogens is 233 g/mol. The molecule has 1 fully saturated rings. The van der Waals surface area contributed by atoms with Crippen molar-refractivity contribution in [1.82, 2.24) is 4.90 Å². The summed E-state index contributed by atoms with van der Waals surface area (Å²) in [7, 11) is 0. The van der Waals surface area contributed by atoms with Crippen LogP contribution in [0, 0.1) is 5.82 Å². The lowest BCUT2D eigenvalue weighted by Crippen LogP contribution is -2.28. The Balaban J connectivity index is 1.82. The zero-order valence-corrected chi connectivity index (χ0v) is 10.4. The van der Waals surface area contributed by atoms with Crippen molar-refractivity contribution in [1.29, 1.82) is 0 Å². The van der Waals surface area contributed by atoms with E-state index in [2.05, 4.69) is 4.90 Å². The van der Waals surface area contributed by atoms with E-state index >= 15 is 0 Å². The summed E-state index contributed by atoms with van der Waals surface area (Å²) in [6, 6.07) is 5.74. The molecule has 0 bridgehead atoms. The third-order valence-corrected chi connectivity index (χ3v) is 3.14. The van der Waals surface area contributed by atoms with Crippen molar-refractivity contribution in [2.45, 2.75) is 12.8 Å². The largest absolute Gasteiger partial charge is 0.380 e. The van der Waals surface area contributed by atoms with Crippen LogP contribution in [0.2, 0.25) is 0 Å². The van der Waals surface area contributed by atoms with Gasteiger partial charge in [-0.3, -0.25) is 4.79 Å². The molecule has 0 amide bonds. The second kappa shape index (κ2) is 6.61. The van der Waals surface area contributed by atoms with Crippen LogP contribution in [0.1, 0.15) is 23.2 Å². The lowest BCUT2D eigenvalue weighted by Gasteiger charge is -2.18. The molecule has 0 aromatic heterocycles. The molecule has 0 aliphatic carbocycles. The van der Waals surface area contributed by atoms with Gasteiger partial charge in [-0.05, 0) is 30.7 Å². The predicted octanol–water partition coefficient (Wildman–Crippen LogP) is 2.12. The Labute approximate surface area is 107 Å². The number of halogens is 1. The molecule has 0 radical (unpaired) electrons. The summed E-state index contributed by atoms with van der Waals surface area (Å²) in [5.74, 6) is -0.239. The summed E-state index contributed by atoms with van der Waals surface area (Å²) in [6.45, 7) is 4.17. The lowest BCUT2D eigenvalue weighted by molar-refractivity contribution is 0.0960. The van der Waals surface area contributed by atoms with E-state index in [1.54, 1.807) is 12.1 Å². The standard InChI is InChI=1S/C14H18FNO2/c15-13-4-2-12(3-5-13)14(17)6-8-16-7-1-10-18-11-9-16/h2-5H,1,6-11H2. The summed E-state index contributed by atoms with van der Waals surface area (Å²) >= 11 is 0. The minimum Gasteiger partial charge on any atom is -0.380 e. The highest BCUT2D eigenvalue weighted by molar-refractivity contribution is 5.96. The van der Waals surface area contributed by atoms with Gasteiger partial charge >= 0.3 is 0 Å². The predicted molar refractivity (Wildman–Crippen MR) is 67.2 cm³/mol. The van der Waals surface area contributed by atoms with Crippen LogP contribution in [-0.4, -0.2) is 43.5 Å². The first-order valence-corrected chi connectivity index (χ1v) is 6.34. The van der Waals surface area contributed by atoms with Gasteiger partial charge in [0.15, 0.2) is 5.78 Å². The van der Waals surface area contributed by atoms with Gasteiger partial charge in [-0.25, -0.2) is 4.39 Å². The minimum absolute atomic E-state index is 0.0696. The highest BCUT2D eigenvalue weighted by atomic mass is 19.1. The molecule has 0 N–H and O–H groups in total. The van der Waals surface area contributed by atoms with E-state index in [4.69, 9.17) is 4.74 Å². The van der Waals surface area contributed by atoms with E-state index in [0.29, 0.717) is 12.0 Å². The molecule has 3 nitrogen and oxygen atoms in total. The summed E-state index contributed by atoms with van der Waals surface area (Å²) in [5, 5.41) is 0. The Morgan fingerprint density at radius 2 is 2.00 bits per heavy atom. The quantitative estimate of drug-likeness (QED) is 0.768. The zero-order chi connectivity index (χ0) is 12.8. The minimum atomic E-state index is -0.309. The van der Waals surface area contributed by atoms with Crippen LogP contribution in [0.3, 0.4) is 0 Å². The van der Waals surface area contributed by atoms with Gasteiger partial charge in [-0.15, -0.1) is 0 Å². The van der Waals surface area contributed by atoms with Crippen LogP contribution in [0.25, 0.3) is 0 Å².